The SMILES string of the molecule is CC(C)(Cc1ccccc1)C(=O)CP. The number of ketones is 1. The van der Waals surface area contributed by atoms with Crippen molar-refractivity contribution in [2.75, 3.05) is 6.16 Å². The van der Waals surface area contributed by atoms with Gasteiger partial charge in [-0.05, 0) is 12.0 Å². The summed E-state index contributed by atoms with van der Waals surface area (Å²) in [5, 5.41) is 0. The molecule has 0 N–H and O–H groups in total. The summed E-state index contributed by atoms with van der Waals surface area (Å²) in [6.07, 6.45) is 1.36. The highest BCUT2D eigenvalue weighted by molar-refractivity contribution is 7.18. The molecular weight excluding hydrogens is 191 g/mol. The minimum absolute atomic E-state index is 0.247. The zero-order chi connectivity index (χ0) is 10.6. The normalized spacial score (nSPS) is 11.4. The maximum absolute atomic E-state index is 11.6. The molecule has 0 aliphatic heterocycles. The first kappa shape index (κ1) is 11.4. The largest absolute Gasteiger partial charge is 0.299 e. The lowest BCUT2D eigenvalue weighted by Gasteiger charge is -2.22. The van der Waals surface area contributed by atoms with Crippen molar-refractivity contribution < 1.29 is 4.79 Å². The number of rotatable bonds is 4. The number of benzene rings is 1. The Balaban J connectivity index is 2.73. The van der Waals surface area contributed by atoms with Crippen molar-refractivity contribution in [3.63, 3.8) is 0 Å². The first-order chi connectivity index (χ1) is 6.56. The molecule has 1 aromatic carbocycles. The molecule has 0 spiro atoms. The topological polar surface area (TPSA) is 17.1 Å². The van der Waals surface area contributed by atoms with Crippen LogP contribution in [0.2, 0.25) is 0 Å². The Morgan fingerprint density at radius 3 is 2.36 bits per heavy atom. The van der Waals surface area contributed by atoms with Crippen molar-refractivity contribution in [2.24, 2.45) is 5.41 Å². The third kappa shape index (κ3) is 2.92. The van der Waals surface area contributed by atoms with E-state index < -0.39 is 0 Å². The summed E-state index contributed by atoms with van der Waals surface area (Å²) in [7, 11) is 2.50. The Morgan fingerprint density at radius 2 is 1.86 bits per heavy atom. The molecule has 76 valence electrons. The van der Waals surface area contributed by atoms with Crippen LogP contribution in [0, 0.1) is 5.41 Å². The Morgan fingerprint density at radius 1 is 1.29 bits per heavy atom. The molecule has 0 saturated heterocycles. The van der Waals surface area contributed by atoms with E-state index in [9.17, 15) is 4.79 Å². The number of hydrogen-bond acceptors (Lipinski definition) is 1. The van der Waals surface area contributed by atoms with Crippen LogP contribution in [-0.2, 0) is 11.2 Å². The number of hydrogen-bond donors (Lipinski definition) is 0. The van der Waals surface area contributed by atoms with Gasteiger partial charge in [0.2, 0.25) is 0 Å². The van der Waals surface area contributed by atoms with Gasteiger partial charge in [-0.3, -0.25) is 4.79 Å². The summed E-state index contributed by atoms with van der Waals surface area (Å²) < 4.78 is 0. The van der Waals surface area contributed by atoms with Crippen LogP contribution in [0.25, 0.3) is 0 Å². The molecule has 0 aliphatic rings. The molecule has 0 radical (unpaired) electrons. The monoisotopic (exact) mass is 208 g/mol. The van der Waals surface area contributed by atoms with Gasteiger partial charge in [-0.1, -0.05) is 44.2 Å². The molecule has 1 unspecified atom stereocenters. The average Bonchev–Trinajstić information content (AvgIpc) is 2.17. The van der Waals surface area contributed by atoms with Gasteiger partial charge in [0.1, 0.15) is 5.78 Å². The van der Waals surface area contributed by atoms with Crippen LogP contribution in [-0.4, -0.2) is 11.9 Å². The van der Waals surface area contributed by atoms with Crippen LogP contribution in [0.5, 0.6) is 0 Å². The van der Waals surface area contributed by atoms with Crippen molar-refractivity contribution in [3.05, 3.63) is 35.9 Å². The molecule has 1 atom stereocenters. The lowest BCUT2D eigenvalue weighted by Crippen LogP contribution is -2.27. The molecule has 1 aromatic rings. The molecule has 1 rings (SSSR count). The summed E-state index contributed by atoms with van der Waals surface area (Å²) in [4.78, 5) is 11.6. The lowest BCUT2D eigenvalue weighted by atomic mass is 9.82. The zero-order valence-electron chi connectivity index (χ0n) is 8.79. The quantitative estimate of drug-likeness (QED) is 0.695. The van der Waals surface area contributed by atoms with Gasteiger partial charge in [0.05, 0.1) is 0 Å². The third-order valence-electron chi connectivity index (χ3n) is 2.43. The second kappa shape index (κ2) is 4.70. The highest BCUT2D eigenvalue weighted by Crippen LogP contribution is 2.23. The average molecular weight is 208 g/mol. The first-order valence-electron chi connectivity index (χ1n) is 4.83. The van der Waals surface area contributed by atoms with Crippen molar-refractivity contribution >= 4 is 15.0 Å². The summed E-state index contributed by atoms with van der Waals surface area (Å²) in [6.45, 7) is 4.01. The van der Waals surface area contributed by atoms with Gasteiger partial charge in [-0.25, -0.2) is 0 Å². The van der Waals surface area contributed by atoms with Crippen LogP contribution in [0.15, 0.2) is 30.3 Å². The Kier molecular flexibility index (Phi) is 3.83. The number of Topliss-reactive ketones (excluding diaryl/α,β-unsaturated/α-hetero) is 1. The molecule has 1 nitrogen and oxygen atoms in total. The minimum atomic E-state index is -0.247. The van der Waals surface area contributed by atoms with E-state index in [1.165, 1.54) is 5.56 Å². The Bertz CT molecular complexity index is 303. The van der Waals surface area contributed by atoms with Gasteiger partial charge < -0.3 is 0 Å². The standard InChI is InChI=1S/C12H17OP/c1-12(2,11(13)9-14)8-10-6-4-3-5-7-10/h3-7H,8-9,14H2,1-2H3. The molecule has 2 heteroatoms. The van der Waals surface area contributed by atoms with E-state index in [1.54, 1.807) is 0 Å². The number of carbonyl (C=O) groups excluding carboxylic acids is 1. The Hall–Kier alpha value is -0.680. The molecule has 14 heavy (non-hydrogen) atoms. The second-order valence-corrected chi connectivity index (χ2v) is 4.58. The summed E-state index contributed by atoms with van der Waals surface area (Å²) in [6, 6.07) is 10.1. The summed E-state index contributed by atoms with van der Waals surface area (Å²) in [5.74, 6) is 0.298. The van der Waals surface area contributed by atoms with Crippen LogP contribution in [0.4, 0.5) is 0 Å². The maximum atomic E-state index is 11.6. The van der Waals surface area contributed by atoms with Crippen molar-refractivity contribution in [3.8, 4) is 0 Å². The van der Waals surface area contributed by atoms with Gasteiger partial charge in [0, 0.05) is 11.6 Å². The molecule has 0 aromatic heterocycles. The summed E-state index contributed by atoms with van der Waals surface area (Å²) in [5.41, 5.74) is 0.979. The fourth-order valence-electron chi connectivity index (χ4n) is 1.48. The van der Waals surface area contributed by atoms with Crippen molar-refractivity contribution in [2.45, 2.75) is 20.3 Å². The van der Waals surface area contributed by atoms with Gasteiger partial charge >= 0.3 is 0 Å². The van der Waals surface area contributed by atoms with Crippen LogP contribution < -0.4 is 0 Å². The van der Waals surface area contributed by atoms with E-state index in [0.717, 1.165) is 6.42 Å². The van der Waals surface area contributed by atoms with Gasteiger partial charge in [0.15, 0.2) is 0 Å². The third-order valence-corrected chi connectivity index (χ3v) is 2.80. The van der Waals surface area contributed by atoms with Gasteiger partial charge in [0.25, 0.3) is 0 Å². The minimum Gasteiger partial charge on any atom is -0.299 e. The Labute approximate surface area is 88.1 Å². The van der Waals surface area contributed by atoms with E-state index in [1.807, 2.05) is 32.0 Å². The van der Waals surface area contributed by atoms with Crippen molar-refractivity contribution in [1.29, 1.82) is 0 Å². The first-order valence-corrected chi connectivity index (χ1v) is 5.65. The fraction of sp³-hybridized carbons (Fsp3) is 0.417. The van der Waals surface area contributed by atoms with Gasteiger partial charge in [-0.2, -0.15) is 0 Å². The fourth-order valence-corrected chi connectivity index (χ4v) is 2.03. The lowest BCUT2D eigenvalue weighted by molar-refractivity contribution is -0.124. The second-order valence-electron chi connectivity index (χ2n) is 4.17. The maximum Gasteiger partial charge on any atom is 0.142 e. The van der Waals surface area contributed by atoms with E-state index >= 15 is 0 Å². The van der Waals surface area contributed by atoms with Crippen molar-refractivity contribution in [1.82, 2.24) is 0 Å². The smallest absolute Gasteiger partial charge is 0.142 e. The van der Waals surface area contributed by atoms with E-state index in [4.69, 9.17) is 0 Å². The molecule has 0 saturated carbocycles. The predicted octanol–water partition coefficient (Wildman–Crippen LogP) is 2.70. The summed E-state index contributed by atoms with van der Waals surface area (Å²) >= 11 is 0. The highest BCUT2D eigenvalue weighted by Gasteiger charge is 2.25. The molecule has 0 bridgehead atoms. The number of carbonyl (C=O) groups is 1. The molecular formula is C12H17OP. The van der Waals surface area contributed by atoms with E-state index in [-0.39, 0.29) is 5.41 Å². The predicted molar refractivity (Wildman–Crippen MR) is 63.5 cm³/mol. The zero-order valence-corrected chi connectivity index (χ0v) is 9.94. The van der Waals surface area contributed by atoms with E-state index in [0.29, 0.717) is 11.9 Å². The van der Waals surface area contributed by atoms with E-state index in [2.05, 4.69) is 21.4 Å². The molecule has 0 aliphatic carbocycles. The molecule has 0 fully saturated rings. The molecule has 0 heterocycles. The highest BCUT2D eigenvalue weighted by atomic mass is 31.0. The van der Waals surface area contributed by atoms with Crippen LogP contribution in [0.1, 0.15) is 19.4 Å². The van der Waals surface area contributed by atoms with Crippen LogP contribution in [0.3, 0.4) is 0 Å². The molecule has 0 amide bonds. The van der Waals surface area contributed by atoms with Crippen LogP contribution >= 0.6 is 9.24 Å². The van der Waals surface area contributed by atoms with Gasteiger partial charge in [-0.15, -0.1) is 9.24 Å².